The van der Waals surface area contributed by atoms with Crippen LogP contribution in [0.25, 0.3) is 0 Å². The Balaban J connectivity index is 1.89. The van der Waals surface area contributed by atoms with Gasteiger partial charge in [-0.2, -0.15) is 0 Å². The van der Waals surface area contributed by atoms with Gasteiger partial charge in [0.25, 0.3) is 10.0 Å². The van der Waals surface area contributed by atoms with E-state index < -0.39 is 22.0 Å². The average Bonchev–Trinajstić information content (AvgIpc) is 2.83. The maximum Gasteiger partial charge on any atom is 0.264 e. The molecule has 3 rings (SSSR count). The van der Waals surface area contributed by atoms with E-state index in [1.54, 1.807) is 81.8 Å². The van der Waals surface area contributed by atoms with Gasteiger partial charge in [0.15, 0.2) is 0 Å². The number of amides is 1. The molecule has 0 fully saturated rings. The van der Waals surface area contributed by atoms with Crippen LogP contribution >= 0.6 is 22.6 Å². The summed E-state index contributed by atoms with van der Waals surface area (Å²) < 4.78 is 39.6. The molecule has 7 nitrogen and oxygen atoms in total. The molecular formula is C24H25IN2O5S. The van der Waals surface area contributed by atoms with E-state index in [0.717, 1.165) is 13.4 Å². The molecule has 3 aromatic carbocycles. The fraction of sp³-hybridized carbons (Fsp3) is 0.208. The van der Waals surface area contributed by atoms with Crippen LogP contribution in [0.15, 0.2) is 77.7 Å². The molecule has 0 aliphatic heterocycles. The van der Waals surface area contributed by atoms with Crippen molar-refractivity contribution >= 4 is 44.2 Å². The summed E-state index contributed by atoms with van der Waals surface area (Å²) in [5.41, 5.74) is 1.12. The highest BCUT2D eigenvalue weighted by Gasteiger charge is 2.28. The maximum absolute atomic E-state index is 13.4. The van der Waals surface area contributed by atoms with Gasteiger partial charge in [-0.05, 0) is 84.1 Å². The van der Waals surface area contributed by atoms with Crippen LogP contribution in [0.4, 0.5) is 5.69 Å². The molecule has 1 atom stereocenters. The summed E-state index contributed by atoms with van der Waals surface area (Å²) in [4.78, 5) is 13.1. The zero-order chi connectivity index (χ0) is 24.0. The molecule has 1 N–H and O–H groups in total. The number of carbonyl (C=O) groups is 1. The van der Waals surface area contributed by atoms with Gasteiger partial charge < -0.3 is 14.8 Å². The summed E-state index contributed by atoms with van der Waals surface area (Å²) in [6.45, 7) is 1.42. The molecule has 0 radical (unpaired) electrons. The third-order valence-electron chi connectivity index (χ3n) is 5.01. The van der Waals surface area contributed by atoms with Crippen LogP contribution in [0.2, 0.25) is 0 Å². The number of methoxy groups -OCH3 is 2. The first-order valence-electron chi connectivity index (χ1n) is 10.1. The highest BCUT2D eigenvalue weighted by molar-refractivity contribution is 14.1. The van der Waals surface area contributed by atoms with Crippen molar-refractivity contribution in [1.82, 2.24) is 5.32 Å². The van der Waals surface area contributed by atoms with Crippen molar-refractivity contribution < 1.29 is 22.7 Å². The van der Waals surface area contributed by atoms with Gasteiger partial charge in [0.2, 0.25) is 5.91 Å². The Kier molecular flexibility index (Phi) is 8.20. The Bertz CT molecular complexity index is 1200. The van der Waals surface area contributed by atoms with Crippen molar-refractivity contribution in [3.05, 3.63) is 81.9 Å². The molecule has 9 heteroatoms. The van der Waals surface area contributed by atoms with E-state index >= 15 is 0 Å². The molecule has 0 spiro atoms. The molecule has 0 bridgehead atoms. The lowest BCUT2D eigenvalue weighted by atomic mass is 10.1. The Hall–Kier alpha value is -2.79. The number of rotatable bonds is 9. The number of hydrogen-bond donors (Lipinski definition) is 1. The largest absolute Gasteiger partial charge is 0.497 e. The summed E-state index contributed by atoms with van der Waals surface area (Å²) in [7, 11) is -0.856. The Morgan fingerprint density at radius 3 is 2.27 bits per heavy atom. The second-order valence-electron chi connectivity index (χ2n) is 7.20. The lowest BCUT2D eigenvalue weighted by Crippen LogP contribution is -2.41. The Morgan fingerprint density at radius 2 is 1.67 bits per heavy atom. The van der Waals surface area contributed by atoms with E-state index in [2.05, 4.69) is 27.9 Å². The van der Waals surface area contributed by atoms with Crippen molar-refractivity contribution in [2.45, 2.75) is 17.9 Å². The predicted molar refractivity (Wildman–Crippen MR) is 136 cm³/mol. The molecule has 0 saturated heterocycles. The van der Waals surface area contributed by atoms with Gasteiger partial charge in [-0.25, -0.2) is 8.42 Å². The monoisotopic (exact) mass is 580 g/mol. The molecule has 1 amide bonds. The van der Waals surface area contributed by atoms with Crippen molar-refractivity contribution in [2.24, 2.45) is 0 Å². The number of carbonyl (C=O) groups excluding carboxylic acids is 1. The van der Waals surface area contributed by atoms with Crippen molar-refractivity contribution in [3.63, 3.8) is 0 Å². The Labute approximate surface area is 207 Å². The van der Waals surface area contributed by atoms with E-state index in [9.17, 15) is 13.2 Å². The molecule has 0 unspecified atom stereocenters. The summed E-state index contributed by atoms with van der Waals surface area (Å²) >= 11 is 2.14. The molecule has 0 saturated carbocycles. The van der Waals surface area contributed by atoms with E-state index in [4.69, 9.17) is 9.47 Å². The number of anilines is 1. The molecule has 0 aliphatic rings. The normalized spacial score (nSPS) is 12.0. The summed E-state index contributed by atoms with van der Waals surface area (Å²) in [5.74, 6) is 0.763. The standard InChI is InChI=1S/C24H25IN2O5S/c1-17(22-15-20(31-2)13-14-23(22)32-3)26-24(28)16-27(19-11-9-18(25)10-12-19)33(29,30)21-7-5-4-6-8-21/h4-15,17H,16H2,1-3H3,(H,26,28)/t17-/m0/s1. The minimum absolute atomic E-state index is 0.110. The van der Waals surface area contributed by atoms with E-state index in [1.807, 2.05) is 0 Å². The summed E-state index contributed by atoms with van der Waals surface area (Å²) in [5, 5.41) is 2.88. The van der Waals surface area contributed by atoms with Gasteiger partial charge in [-0.3, -0.25) is 9.10 Å². The van der Waals surface area contributed by atoms with Gasteiger partial charge in [-0.1, -0.05) is 18.2 Å². The zero-order valence-corrected chi connectivity index (χ0v) is 21.5. The SMILES string of the molecule is COc1ccc(OC)c([C@H](C)NC(=O)CN(c2ccc(I)cc2)S(=O)(=O)c2ccccc2)c1. The fourth-order valence-corrected chi connectivity index (χ4v) is 5.12. The Morgan fingerprint density at radius 1 is 1.00 bits per heavy atom. The van der Waals surface area contributed by atoms with E-state index in [-0.39, 0.29) is 11.4 Å². The van der Waals surface area contributed by atoms with E-state index in [0.29, 0.717) is 17.2 Å². The smallest absolute Gasteiger partial charge is 0.264 e. The zero-order valence-electron chi connectivity index (χ0n) is 18.5. The number of nitrogens with zero attached hydrogens (tertiary/aromatic N) is 1. The number of ether oxygens (including phenoxy) is 2. The van der Waals surface area contributed by atoms with Crippen LogP contribution < -0.4 is 19.1 Å². The first kappa shape index (κ1) is 24.8. The lowest BCUT2D eigenvalue weighted by molar-refractivity contribution is -0.120. The summed E-state index contributed by atoms with van der Waals surface area (Å²) in [6.07, 6.45) is 0. The first-order valence-corrected chi connectivity index (χ1v) is 12.6. The minimum Gasteiger partial charge on any atom is -0.497 e. The second-order valence-corrected chi connectivity index (χ2v) is 10.3. The highest BCUT2D eigenvalue weighted by Crippen LogP contribution is 2.29. The lowest BCUT2D eigenvalue weighted by Gasteiger charge is -2.25. The summed E-state index contributed by atoms with van der Waals surface area (Å²) in [6, 6.07) is 19.9. The van der Waals surface area contributed by atoms with Crippen molar-refractivity contribution in [3.8, 4) is 11.5 Å². The molecule has 33 heavy (non-hydrogen) atoms. The number of benzene rings is 3. The minimum atomic E-state index is -3.96. The molecule has 174 valence electrons. The number of sulfonamides is 1. The average molecular weight is 580 g/mol. The van der Waals surface area contributed by atoms with Gasteiger partial charge >= 0.3 is 0 Å². The van der Waals surface area contributed by atoms with Crippen LogP contribution in [0, 0.1) is 3.57 Å². The van der Waals surface area contributed by atoms with Gasteiger partial charge in [0.05, 0.1) is 30.8 Å². The number of nitrogens with one attached hydrogen (secondary N) is 1. The molecule has 0 aliphatic carbocycles. The van der Waals surface area contributed by atoms with Gasteiger partial charge in [0, 0.05) is 9.13 Å². The van der Waals surface area contributed by atoms with Crippen molar-refractivity contribution in [1.29, 1.82) is 0 Å². The first-order chi connectivity index (χ1) is 15.8. The molecule has 0 heterocycles. The van der Waals surface area contributed by atoms with E-state index in [1.165, 1.54) is 12.1 Å². The highest BCUT2D eigenvalue weighted by atomic mass is 127. The van der Waals surface area contributed by atoms with Crippen molar-refractivity contribution in [2.75, 3.05) is 25.1 Å². The third-order valence-corrected chi connectivity index (χ3v) is 7.52. The topological polar surface area (TPSA) is 84.9 Å². The van der Waals surface area contributed by atoms with Crippen LogP contribution in [0.5, 0.6) is 11.5 Å². The third kappa shape index (κ3) is 5.97. The van der Waals surface area contributed by atoms with Crippen LogP contribution in [-0.2, 0) is 14.8 Å². The maximum atomic E-state index is 13.4. The molecular weight excluding hydrogens is 555 g/mol. The fourth-order valence-electron chi connectivity index (χ4n) is 3.32. The quantitative estimate of drug-likeness (QED) is 0.380. The molecule has 0 aromatic heterocycles. The predicted octanol–water partition coefficient (Wildman–Crippen LogP) is 4.38. The number of halogens is 1. The second kappa shape index (κ2) is 10.9. The van der Waals surface area contributed by atoms with Crippen LogP contribution in [0.1, 0.15) is 18.5 Å². The van der Waals surface area contributed by atoms with Crippen LogP contribution in [-0.4, -0.2) is 35.1 Å². The molecule has 3 aromatic rings. The number of hydrogen-bond acceptors (Lipinski definition) is 5. The van der Waals surface area contributed by atoms with Gasteiger partial charge in [0.1, 0.15) is 18.0 Å². The van der Waals surface area contributed by atoms with Crippen LogP contribution in [0.3, 0.4) is 0 Å². The van der Waals surface area contributed by atoms with Gasteiger partial charge in [-0.15, -0.1) is 0 Å².